The molecule has 3 aliphatic carbocycles. The van der Waals surface area contributed by atoms with Crippen molar-refractivity contribution >= 4 is 40.8 Å². The number of hydrogen-bond acceptors (Lipinski definition) is 9. The normalized spacial score (nSPS) is 38.1. The van der Waals surface area contributed by atoms with Gasteiger partial charge in [0.25, 0.3) is 0 Å². The van der Waals surface area contributed by atoms with Crippen molar-refractivity contribution in [3.63, 3.8) is 0 Å². The number of aliphatic hydroxyl groups is 2. The third-order valence-electron chi connectivity index (χ3n) is 9.75. The molecule has 8 atom stereocenters. The van der Waals surface area contributed by atoms with Gasteiger partial charge < -0.3 is 15.3 Å². The molecule has 2 saturated carbocycles. The van der Waals surface area contributed by atoms with Crippen molar-refractivity contribution in [2.75, 3.05) is 0 Å². The van der Waals surface area contributed by atoms with Gasteiger partial charge >= 0.3 is 0 Å². The van der Waals surface area contributed by atoms with E-state index in [9.17, 15) is 44.1 Å². The summed E-state index contributed by atoms with van der Waals surface area (Å²) < 4.78 is 0. The summed E-state index contributed by atoms with van der Waals surface area (Å²) >= 11 is 0. The highest BCUT2D eigenvalue weighted by atomic mass is 16.3. The predicted octanol–water partition coefficient (Wildman–Crippen LogP) is 2.23. The zero-order chi connectivity index (χ0) is 29.6. The Bertz CT molecular complexity index is 1390. The van der Waals surface area contributed by atoms with Crippen LogP contribution in [0.2, 0.25) is 0 Å². The number of rotatable bonds is 4. The summed E-state index contributed by atoms with van der Waals surface area (Å²) in [5, 5.41) is 35.2. The molecule has 9 nitrogen and oxygen atoms in total. The van der Waals surface area contributed by atoms with Crippen LogP contribution >= 0.6 is 0 Å². The minimum atomic E-state index is -3.01. The fraction of sp³-hybridized carbons (Fsp3) is 0.533. The minimum Gasteiger partial charge on any atom is -0.507 e. The first-order chi connectivity index (χ1) is 17.9. The highest BCUT2D eigenvalue weighted by Crippen LogP contribution is 2.66. The van der Waals surface area contributed by atoms with Crippen LogP contribution in [-0.2, 0) is 24.0 Å². The highest BCUT2D eigenvalue weighted by molar-refractivity contribution is 6.33. The standard InChI is InChI=1S/C30H34O9/c1-12(2)20-23(34)18(15(5)32)25(36)30(39)26(37)21-24(35)19-17(11-10-16(22(19)33)9-8-13(3)31)14(4)28(21,6)27(38)29(20,30)7/h8-12,14,18,20-21,27,33,38-39H,1-7H3/b9-8+/t14-,18?,20?,21?,27-,28+,29+,30+/m1/s1. The molecule has 39 heavy (non-hydrogen) atoms. The maximum atomic E-state index is 14.3. The third kappa shape index (κ3) is 3.32. The molecule has 208 valence electrons. The zero-order valence-electron chi connectivity index (χ0n) is 23.1. The largest absolute Gasteiger partial charge is 0.507 e. The second-order valence-electron chi connectivity index (χ2n) is 12.1. The number of aliphatic hydroxyl groups excluding tert-OH is 1. The second kappa shape index (κ2) is 8.86. The van der Waals surface area contributed by atoms with Crippen molar-refractivity contribution in [1.82, 2.24) is 0 Å². The summed E-state index contributed by atoms with van der Waals surface area (Å²) in [6, 6.07) is 3.08. The lowest BCUT2D eigenvalue weighted by atomic mass is 9.37. The Morgan fingerprint density at radius 1 is 1.03 bits per heavy atom. The lowest BCUT2D eigenvalue weighted by molar-refractivity contribution is -0.240. The fourth-order valence-electron chi connectivity index (χ4n) is 7.71. The quantitative estimate of drug-likeness (QED) is 0.385. The van der Waals surface area contributed by atoms with Crippen LogP contribution in [0.3, 0.4) is 0 Å². The van der Waals surface area contributed by atoms with Gasteiger partial charge in [-0.25, -0.2) is 0 Å². The Balaban J connectivity index is 2.03. The number of allylic oxidation sites excluding steroid dienone is 1. The van der Waals surface area contributed by atoms with E-state index in [2.05, 4.69) is 0 Å². The van der Waals surface area contributed by atoms with Crippen molar-refractivity contribution < 1.29 is 44.1 Å². The molecule has 1 aromatic carbocycles. The number of fused-ring (bicyclic) bond motifs is 3. The topological polar surface area (TPSA) is 163 Å². The van der Waals surface area contributed by atoms with Crippen molar-refractivity contribution in [2.24, 2.45) is 34.5 Å². The van der Waals surface area contributed by atoms with Crippen LogP contribution < -0.4 is 0 Å². The van der Waals surface area contributed by atoms with E-state index in [-0.39, 0.29) is 16.9 Å². The molecule has 3 N–H and O–H groups in total. The average Bonchev–Trinajstić information content (AvgIpc) is 2.83. The maximum Gasteiger partial charge on any atom is 0.191 e. The molecule has 0 saturated heterocycles. The second-order valence-corrected chi connectivity index (χ2v) is 12.1. The third-order valence-corrected chi connectivity index (χ3v) is 9.75. The summed E-state index contributed by atoms with van der Waals surface area (Å²) in [6.07, 6.45) is 0.821. The smallest absolute Gasteiger partial charge is 0.191 e. The van der Waals surface area contributed by atoms with E-state index >= 15 is 0 Å². The van der Waals surface area contributed by atoms with Gasteiger partial charge in [0.1, 0.15) is 17.5 Å². The van der Waals surface area contributed by atoms with Crippen LogP contribution in [0.4, 0.5) is 0 Å². The molecule has 3 aliphatic rings. The molecule has 0 bridgehead atoms. The molecule has 4 rings (SSSR count). The van der Waals surface area contributed by atoms with Gasteiger partial charge in [-0.3, -0.25) is 28.8 Å². The SMILES string of the molecule is CC(=O)/C=C/c1ccc2c(c1O)C(=O)C1C(=O)[C@@]3(O)C(=O)C(C(C)=O)C(=O)C(C(C)C)[C@@]3(C)[C@H](O)[C@@]1(C)[C@@H]2C. The molecule has 1 aromatic rings. The van der Waals surface area contributed by atoms with E-state index in [0.29, 0.717) is 5.56 Å². The number of phenolic OH excluding ortho intramolecular Hbond substituents is 1. The monoisotopic (exact) mass is 538 g/mol. The lowest BCUT2D eigenvalue weighted by Crippen LogP contribution is -2.81. The molecule has 3 unspecified atom stereocenters. The number of ketones is 6. The average molecular weight is 539 g/mol. The van der Waals surface area contributed by atoms with Crippen LogP contribution in [0.1, 0.15) is 75.9 Å². The van der Waals surface area contributed by atoms with E-state index in [1.54, 1.807) is 26.8 Å². The number of Topliss-reactive ketones (excluding diaryl/α,β-unsaturated/α-hetero) is 5. The van der Waals surface area contributed by atoms with Crippen molar-refractivity contribution in [2.45, 2.75) is 66.1 Å². The summed E-state index contributed by atoms with van der Waals surface area (Å²) in [5.74, 6) is -12.0. The van der Waals surface area contributed by atoms with Crippen LogP contribution in [0.25, 0.3) is 6.08 Å². The van der Waals surface area contributed by atoms with Gasteiger partial charge in [0, 0.05) is 22.3 Å². The van der Waals surface area contributed by atoms with Gasteiger partial charge in [-0.05, 0) is 43.4 Å². The molecule has 0 aromatic heterocycles. The van der Waals surface area contributed by atoms with Gasteiger partial charge in [-0.2, -0.15) is 0 Å². The van der Waals surface area contributed by atoms with Crippen LogP contribution in [0.15, 0.2) is 18.2 Å². The van der Waals surface area contributed by atoms with Crippen molar-refractivity contribution in [3.05, 3.63) is 34.9 Å². The summed E-state index contributed by atoms with van der Waals surface area (Å²) in [5.41, 5.74) is -6.34. The predicted molar refractivity (Wildman–Crippen MR) is 139 cm³/mol. The summed E-state index contributed by atoms with van der Waals surface area (Å²) in [7, 11) is 0. The number of aromatic hydroxyl groups is 1. The Hall–Kier alpha value is -3.30. The van der Waals surface area contributed by atoms with E-state index in [1.807, 2.05) is 0 Å². The number of carbonyl (C=O) groups is 6. The molecule has 2 fully saturated rings. The first-order valence-electron chi connectivity index (χ1n) is 13.0. The molecule has 0 radical (unpaired) electrons. The van der Waals surface area contributed by atoms with Crippen LogP contribution in [-0.4, -0.2) is 61.7 Å². The van der Waals surface area contributed by atoms with E-state index in [0.717, 1.165) is 6.92 Å². The summed E-state index contributed by atoms with van der Waals surface area (Å²) in [4.78, 5) is 79.6. The minimum absolute atomic E-state index is 0.149. The number of phenols is 1. The first-order valence-corrected chi connectivity index (χ1v) is 13.0. The number of carbonyl (C=O) groups excluding carboxylic acids is 6. The van der Waals surface area contributed by atoms with Gasteiger partial charge in [0.15, 0.2) is 34.5 Å². The van der Waals surface area contributed by atoms with E-state index in [1.165, 1.54) is 39.0 Å². The first kappa shape index (κ1) is 28.7. The molecule has 0 heterocycles. The molecular weight excluding hydrogens is 504 g/mol. The van der Waals surface area contributed by atoms with Crippen molar-refractivity contribution in [3.8, 4) is 5.75 Å². The van der Waals surface area contributed by atoms with Gasteiger partial charge in [0.05, 0.1) is 17.6 Å². The number of hydrogen-bond donors (Lipinski definition) is 3. The summed E-state index contributed by atoms with van der Waals surface area (Å²) in [6.45, 7) is 10.1. The van der Waals surface area contributed by atoms with Gasteiger partial charge in [0.2, 0.25) is 0 Å². The highest BCUT2D eigenvalue weighted by Gasteiger charge is 2.80. The van der Waals surface area contributed by atoms with E-state index in [4.69, 9.17) is 0 Å². The molecule has 0 spiro atoms. The molecule has 0 amide bonds. The Morgan fingerprint density at radius 3 is 2.13 bits per heavy atom. The molecule has 0 aliphatic heterocycles. The van der Waals surface area contributed by atoms with Crippen LogP contribution in [0, 0.1) is 34.5 Å². The lowest BCUT2D eigenvalue weighted by Gasteiger charge is -2.65. The van der Waals surface area contributed by atoms with Gasteiger partial charge in [-0.1, -0.05) is 46.8 Å². The Morgan fingerprint density at radius 2 is 1.62 bits per heavy atom. The van der Waals surface area contributed by atoms with E-state index < -0.39 is 86.8 Å². The maximum absolute atomic E-state index is 14.3. The Labute approximate surface area is 226 Å². The zero-order valence-corrected chi connectivity index (χ0v) is 23.1. The Kier molecular flexibility index (Phi) is 6.52. The number of benzene rings is 1. The van der Waals surface area contributed by atoms with Crippen LogP contribution in [0.5, 0.6) is 5.75 Å². The fourth-order valence-corrected chi connectivity index (χ4v) is 7.71. The molecule has 9 heteroatoms. The van der Waals surface area contributed by atoms with Gasteiger partial charge in [-0.15, -0.1) is 0 Å². The molecular formula is C30H34O9. The van der Waals surface area contributed by atoms with Crippen molar-refractivity contribution in [1.29, 1.82) is 0 Å².